The van der Waals surface area contributed by atoms with Gasteiger partial charge in [-0.15, -0.1) is 0 Å². The number of nitrogens with zero attached hydrogens (tertiary/aromatic N) is 2. The fourth-order valence-electron chi connectivity index (χ4n) is 3.38. The van der Waals surface area contributed by atoms with Crippen LogP contribution >= 0.6 is 0 Å². The lowest BCUT2D eigenvalue weighted by Gasteiger charge is -2.18. The van der Waals surface area contributed by atoms with Crippen LogP contribution in [0, 0.1) is 11.7 Å². The molecule has 1 N–H and O–H groups in total. The maximum absolute atomic E-state index is 13.7. The van der Waals surface area contributed by atoms with E-state index in [1.807, 2.05) is 24.3 Å². The zero-order chi connectivity index (χ0) is 18.5. The molecule has 1 aromatic heterocycles. The summed E-state index contributed by atoms with van der Waals surface area (Å²) in [6, 6.07) is 11.8. The standard InChI is InChI=1S/C20H22FN3O2/c1-2-19(25)24-12-17(14-6-5-7-15(21)10-14)18(13-24)20(26)23-11-16-8-3-4-9-22-16/h3-10,17-18H,2,11-13H2,1H3,(H,23,26)/t17-,18+/m0/s1. The second kappa shape index (κ2) is 8.08. The van der Waals surface area contributed by atoms with E-state index in [1.54, 1.807) is 24.1 Å². The molecule has 2 heterocycles. The molecule has 2 atom stereocenters. The average Bonchev–Trinajstić information content (AvgIpc) is 3.12. The largest absolute Gasteiger partial charge is 0.350 e. The van der Waals surface area contributed by atoms with Crippen molar-refractivity contribution in [2.45, 2.75) is 25.8 Å². The Labute approximate surface area is 152 Å². The molecule has 1 saturated heterocycles. The molecule has 1 aliphatic heterocycles. The van der Waals surface area contributed by atoms with Gasteiger partial charge in [-0.25, -0.2) is 4.39 Å². The van der Waals surface area contributed by atoms with Gasteiger partial charge in [-0.3, -0.25) is 14.6 Å². The molecule has 0 bridgehead atoms. The van der Waals surface area contributed by atoms with Crippen LogP contribution in [0.4, 0.5) is 4.39 Å². The van der Waals surface area contributed by atoms with Gasteiger partial charge in [-0.1, -0.05) is 25.1 Å². The molecule has 0 spiro atoms. The minimum absolute atomic E-state index is 0.00595. The Hall–Kier alpha value is -2.76. The van der Waals surface area contributed by atoms with E-state index in [4.69, 9.17) is 0 Å². The van der Waals surface area contributed by atoms with Gasteiger partial charge < -0.3 is 10.2 Å². The number of pyridine rings is 1. The molecular formula is C20H22FN3O2. The maximum Gasteiger partial charge on any atom is 0.225 e. The van der Waals surface area contributed by atoms with Gasteiger partial charge in [-0.05, 0) is 29.8 Å². The summed E-state index contributed by atoms with van der Waals surface area (Å²) in [6.07, 6.45) is 2.06. The van der Waals surface area contributed by atoms with Gasteiger partial charge in [0.15, 0.2) is 0 Å². The third kappa shape index (κ3) is 4.07. The molecule has 5 nitrogen and oxygen atoms in total. The Morgan fingerprint density at radius 2 is 2.08 bits per heavy atom. The molecule has 0 aliphatic carbocycles. The highest BCUT2D eigenvalue weighted by Crippen LogP contribution is 2.33. The summed E-state index contributed by atoms with van der Waals surface area (Å²) in [5, 5.41) is 2.90. The van der Waals surface area contributed by atoms with Gasteiger partial charge in [0.1, 0.15) is 5.82 Å². The van der Waals surface area contributed by atoms with Gasteiger partial charge in [0.05, 0.1) is 18.2 Å². The van der Waals surface area contributed by atoms with E-state index in [1.165, 1.54) is 12.1 Å². The summed E-state index contributed by atoms with van der Waals surface area (Å²) in [6.45, 7) is 2.90. The van der Waals surface area contributed by atoms with Crippen molar-refractivity contribution in [3.05, 3.63) is 65.7 Å². The lowest BCUT2D eigenvalue weighted by molar-refractivity contribution is -0.130. The highest BCUT2D eigenvalue weighted by Gasteiger charge is 2.39. The van der Waals surface area contributed by atoms with Crippen molar-refractivity contribution in [2.75, 3.05) is 13.1 Å². The van der Waals surface area contributed by atoms with E-state index in [9.17, 15) is 14.0 Å². The van der Waals surface area contributed by atoms with Crippen molar-refractivity contribution >= 4 is 11.8 Å². The first-order valence-corrected chi connectivity index (χ1v) is 8.79. The topological polar surface area (TPSA) is 62.3 Å². The summed E-state index contributed by atoms with van der Waals surface area (Å²) in [4.78, 5) is 30.8. The van der Waals surface area contributed by atoms with Crippen LogP contribution in [0.2, 0.25) is 0 Å². The summed E-state index contributed by atoms with van der Waals surface area (Å²) < 4.78 is 13.7. The van der Waals surface area contributed by atoms with Crippen LogP contribution in [0.1, 0.15) is 30.5 Å². The van der Waals surface area contributed by atoms with E-state index in [0.29, 0.717) is 26.1 Å². The number of benzene rings is 1. The molecule has 1 aromatic carbocycles. The summed E-state index contributed by atoms with van der Waals surface area (Å²) in [5.41, 5.74) is 1.51. The molecule has 2 aromatic rings. The van der Waals surface area contributed by atoms with E-state index < -0.39 is 5.92 Å². The zero-order valence-corrected chi connectivity index (χ0v) is 14.7. The number of hydrogen-bond donors (Lipinski definition) is 1. The maximum atomic E-state index is 13.7. The monoisotopic (exact) mass is 355 g/mol. The number of nitrogens with one attached hydrogen (secondary N) is 1. The van der Waals surface area contributed by atoms with Crippen LogP contribution < -0.4 is 5.32 Å². The second-order valence-corrected chi connectivity index (χ2v) is 6.46. The molecule has 2 amide bonds. The lowest BCUT2D eigenvalue weighted by atomic mass is 9.88. The molecule has 1 aliphatic rings. The molecule has 0 unspecified atom stereocenters. The molecule has 6 heteroatoms. The first-order chi connectivity index (χ1) is 12.6. The van der Waals surface area contributed by atoms with Crippen molar-refractivity contribution in [2.24, 2.45) is 5.92 Å². The lowest BCUT2D eigenvalue weighted by Crippen LogP contribution is -2.35. The van der Waals surface area contributed by atoms with Gasteiger partial charge in [0.25, 0.3) is 0 Å². The average molecular weight is 355 g/mol. The Kier molecular flexibility index (Phi) is 5.61. The summed E-state index contributed by atoms with van der Waals surface area (Å²) >= 11 is 0. The highest BCUT2D eigenvalue weighted by atomic mass is 19.1. The first-order valence-electron chi connectivity index (χ1n) is 8.79. The van der Waals surface area contributed by atoms with Crippen LogP contribution in [0.5, 0.6) is 0 Å². The van der Waals surface area contributed by atoms with Crippen molar-refractivity contribution in [3.8, 4) is 0 Å². The normalized spacial score (nSPS) is 19.4. The highest BCUT2D eigenvalue weighted by molar-refractivity contribution is 5.83. The fourth-order valence-corrected chi connectivity index (χ4v) is 3.38. The number of amides is 2. The predicted octanol–water partition coefficient (Wildman–Crippen LogP) is 2.49. The third-order valence-electron chi connectivity index (χ3n) is 4.76. The number of hydrogen-bond acceptors (Lipinski definition) is 3. The quantitative estimate of drug-likeness (QED) is 0.896. The van der Waals surface area contributed by atoms with Crippen molar-refractivity contribution in [1.29, 1.82) is 0 Å². The van der Waals surface area contributed by atoms with Crippen LogP contribution in [0.3, 0.4) is 0 Å². The number of carbonyl (C=O) groups is 2. The summed E-state index contributed by atoms with van der Waals surface area (Å²) in [5.74, 6) is -1.10. The SMILES string of the molecule is CCC(=O)N1C[C@@H](C(=O)NCc2ccccn2)[C@H](c2cccc(F)c2)C1. The number of halogens is 1. The first kappa shape index (κ1) is 18.0. The Balaban J connectivity index is 1.76. The number of carbonyl (C=O) groups excluding carboxylic acids is 2. The molecule has 0 saturated carbocycles. The number of aromatic nitrogens is 1. The minimum atomic E-state index is -0.406. The number of rotatable bonds is 5. The molecule has 0 radical (unpaired) electrons. The van der Waals surface area contributed by atoms with Crippen molar-refractivity contribution in [3.63, 3.8) is 0 Å². The van der Waals surface area contributed by atoms with E-state index >= 15 is 0 Å². The Morgan fingerprint density at radius 1 is 1.23 bits per heavy atom. The molecule has 3 rings (SSSR count). The number of likely N-dealkylation sites (tertiary alicyclic amines) is 1. The minimum Gasteiger partial charge on any atom is -0.350 e. The predicted molar refractivity (Wildman–Crippen MR) is 95.6 cm³/mol. The van der Waals surface area contributed by atoms with Gasteiger partial charge in [0, 0.05) is 31.6 Å². The van der Waals surface area contributed by atoms with E-state index in [2.05, 4.69) is 10.3 Å². The summed E-state index contributed by atoms with van der Waals surface area (Å²) in [7, 11) is 0. The molecular weight excluding hydrogens is 333 g/mol. The van der Waals surface area contributed by atoms with Crippen molar-refractivity contribution < 1.29 is 14.0 Å². The Bertz CT molecular complexity index is 782. The van der Waals surface area contributed by atoms with Crippen LogP contribution in [0.15, 0.2) is 48.7 Å². The van der Waals surface area contributed by atoms with Gasteiger partial charge >= 0.3 is 0 Å². The van der Waals surface area contributed by atoms with Crippen LogP contribution in [0.25, 0.3) is 0 Å². The zero-order valence-electron chi connectivity index (χ0n) is 14.7. The molecule has 136 valence electrons. The van der Waals surface area contributed by atoms with Crippen LogP contribution in [-0.2, 0) is 16.1 Å². The van der Waals surface area contributed by atoms with Gasteiger partial charge in [0.2, 0.25) is 11.8 Å². The fraction of sp³-hybridized carbons (Fsp3) is 0.350. The van der Waals surface area contributed by atoms with E-state index in [0.717, 1.165) is 11.3 Å². The van der Waals surface area contributed by atoms with E-state index in [-0.39, 0.29) is 23.5 Å². The van der Waals surface area contributed by atoms with Gasteiger partial charge in [-0.2, -0.15) is 0 Å². The third-order valence-corrected chi connectivity index (χ3v) is 4.76. The molecule has 1 fully saturated rings. The smallest absolute Gasteiger partial charge is 0.225 e. The second-order valence-electron chi connectivity index (χ2n) is 6.46. The van der Waals surface area contributed by atoms with Crippen LogP contribution in [-0.4, -0.2) is 34.8 Å². The molecule has 26 heavy (non-hydrogen) atoms. The van der Waals surface area contributed by atoms with Crippen molar-refractivity contribution in [1.82, 2.24) is 15.2 Å². The Morgan fingerprint density at radius 3 is 2.77 bits per heavy atom.